The van der Waals surface area contributed by atoms with E-state index in [1.807, 2.05) is 74.2 Å². The van der Waals surface area contributed by atoms with Gasteiger partial charge < -0.3 is 14.5 Å². The lowest BCUT2D eigenvalue weighted by Crippen LogP contribution is -2.56. The first-order valence-electron chi connectivity index (χ1n) is 11.3. The minimum absolute atomic E-state index is 0.00267. The number of nitrogens with zero attached hydrogens (tertiary/aromatic N) is 4. The van der Waals surface area contributed by atoms with E-state index >= 15 is 0 Å². The van der Waals surface area contributed by atoms with Gasteiger partial charge in [-0.3, -0.25) is 9.69 Å². The zero-order valence-electron chi connectivity index (χ0n) is 19.1. The van der Waals surface area contributed by atoms with Crippen molar-refractivity contribution < 1.29 is 14.3 Å². The van der Waals surface area contributed by atoms with Gasteiger partial charge in [-0.15, -0.1) is 0 Å². The van der Waals surface area contributed by atoms with Crippen LogP contribution in [0.1, 0.15) is 38.7 Å². The number of carbonyl (C=O) groups excluding carboxylic acids is 2. The minimum Gasteiger partial charge on any atom is -0.444 e. The first-order chi connectivity index (χ1) is 15.3. The SMILES string of the molecule is CC(C)(C)OC(=O)N1CCC(c2ccccc2)C1C(=O)N1CCN(c2ccccn2)CC1. The van der Waals surface area contributed by atoms with Crippen molar-refractivity contribution in [1.29, 1.82) is 0 Å². The lowest BCUT2D eigenvalue weighted by molar-refractivity contribution is -0.136. The minimum atomic E-state index is -0.607. The third kappa shape index (κ3) is 4.87. The predicted molar refractivity (Wildman–Crippen MR) is 124 cm³/mol. The van der Waals surface area contributed by atoms with Crippen molar-refractivity contribution in [2.75, 3.05) is 37.6 Å². The summed E-state index contributed by atoms with van der Waals surface area (Å²) in [4.78, 5) is 36.9. The molecule has 2 unspecified atom stereocenters. The van der Waals surface area contributed by atoms with Gasteiger partial charge in [0, 0.05) is 44.8 Å². The summed E-state index contributed by atoms with van der Waals surface area (Å²) in [5.41, 5.74) is 0.480. The maximum atomic E-state index is 13.8. The van der Waals surface area contributed by atoms with Gasteiger partial charge in [-0.05, 0) is 44.9 Å². The van der Waals surface area contributed by atoms with E-state index in [9.17, 15) is 9.59 Å². The van der Waals surface area contributed by atoms with Crippen molar-refractivity contribution in [2.45, 2.75) is 44.8 Å². The molecule has 0 bridgehead atoms. The highest BCUT2D eigenvalue weighted by Crippen LogP contribution is 2.36. The summed E-state index contributed by atoms with van der Waals surface area (Å²) in [5, 5.41) is 0. The van der Waals surface area contributed by atoms with Gasteiger partial charge in [0.25, 0.3) is 0 Å². The number of hydrogen-bond donors (Lipinski definition) is 0. The van der Waals surface area contributed by atoms with E-state index in [-0.39, 0.29) is 11.8 Å². The highest BCUT2D eigenvalue weighted by atomic mass is 16.6. The molecular weight excluding hydrogens is 404 g/mol. The van der Waals surface area contributed by atoms with E-state index in [4.69, 9.17) is 4.74 Å². The predicted octanol–water partition coefficient (Wildman–Crippen LogP) is 3.52. The number of aromatic nitrogens is 1. The van der Waals surface area contributed by atoms with Crippen LogP contribution < -0.4 is 4.90 Å². The number of likely N-dealkylation sites (tertiary alicyclic amines) is 1. The normalized spacial score (nSPS) is 21.5. The van der Waals surface area contributed by atoms with Crippen LogP contribution in [-0.2, 0) is 9.53 Å². The van der Waals surface area contributed by atoms with Crippen LogP contribution in [0.15, 0.2) is 54.7 Å². The highest BCUT2D eigenvalue weighted by Gasteiger charge is 2.46. The monoisotopic (exact) mass is 436 g/mol. The van der Waals surface area contributed by atoms with Crippen LogP contribution >= 0.6 is 0 Å². The van der Waals surface area contributed by atoms with Gasteiger partial charge in [0.1, 0.15) is 17.5 Å². The molecule has 2 amide bonds. The van der Waals surface area contributed by atoms with Crippen LogP contribution in [0.3, 0.4) is 0 Å². The van der Waals surface area contributed by atoms with Crippen LogP contribution in [0.25, 0.3) is 0 Å². The van der Waals surface area contributed by atoms with Gasteiger partial charge in [0.05, 0.1) is 0 Å². The molecule has 2 saturated heterocycles. The molecule has 0 aliphatic carbocycles. The number of rotatable bonds is 3. The first kappa shape index (κ1) is 22.1. The van der Waals surface area contributed by atoms with E-state index in [2.05, 4.69) is 9.88 Å². The number of hydrogen-bond acceptors (Lipinski definition) is 5. The smallest absolute Gasteiger partial charge is 0.410 e. The summed E-state index contributed by atoms with van der Waals surface area (Å²) < 4.78 is 5.65. The third-order valence-corrected chi connectivity index (χ3v) is 6.07. The highest BCUT2D eigenvalue weighted by molar-refractivity contribution is 5.88. The average molecular weight is 437 g/mol. The Bertz CT molecular complexity index is 921. The molecule has 2 fully saturated rings. The molecule has 4 rings (SSSR count). The largest absolute Gasteiger partial charge is 0.444 e. The number of carbonyl (C=O) groups is 2. The Balaban J connectivity index is 1.52. The van der Waals surface area contributed by atoms with Crippen molar-refractivity contribution in [3.63, 3.8) is 0 Å². The Kier molecular flexibility index (Phi) is 6.35. The van der Waals surface area contributed by atoms with E-state index < -0.39 is 17.7 Å². The number of ether oxygens (including phenoxy) is 1. The number of amides is 2. The molecule has 0 N–H and O–H groups in total. The van der Waals surface area contributed by atoms with Crippen LogP contribution in [0.4, 0.5) is 10.6 Å². The van der Waals surface area contributed by atoms with Crippen LogP contribution in [0.2, 0.25) is 0 Å². The summed E-state index contributed by atoms with van der Waals surface area (Å²) in [7, 11) is 0. The number of pyridine rings is 1. The molecule has 170 valence electrons. The standard InChI is InChI=1S/C25H32N4O3/c1-25(2,3)32-24(31)29-14-12-20(19-9-5-4-6-10-19)22(29)23(30)28-17-15-27(16-18-28)21-11-7-8-13-26-21/h4-11,13,20,22H,12,14-18H2,1-3H3. The Morgan fingerprint density at radius 2 is 1.62 bits per heavy atom. The second-order valence-corrected chi connectivity index (χ2v) is 9.42. The van der Waals surface area contributed by atoms with Crippen LogP contribution in [-0.4, -0.2) is 71.2 Å². The van der Waals surface area contributed by atoms with Crippen molar-refractivity contribution in [1.82, 2.24) is 14.8 Å². The fourth-order valence-electron chi connectivity index (χ4n) is 4.56. The average Bonchev–Trinajstić information content (AvgIpc) is 3.24. The van der Waals surface area contributed by atoms with Crippen molar-refractivity contribution in [3.05, 3.63) is 60.3 Å². The van der Waals surface area contributed by atoms with Gasteiger partial charge in [0.15, 0.2) is 0 Å². The molecule has 2 aliphatic rings. The molecule has 3 heterocycles. The summed E-state index contributed by atoms with van der Waals surface area (Å²) in [6.45, 7) is 8.72. The molecule has 32 heavy (non-hydrogen) atoms. The topological polar surface area (TPSA) is 66.0 Å². The summed E-state index contributed by atoms with van der Waals surface area (Å²) >= 11 is 0. The lowest BCUT2D eigenvalue weighted by Gasteiger charge is -2.39. The molecule has 1 aromatic heterocycles. The molecular formula is C25H32N4O3. The van der Waals surface area contributed by atoms with Crippen LogP contribution in [0.5, 0.6) is 0 Å². The number of benzene rings is 1. The van der Waals surface area contributed by atoms with E-state index in [1.165, 1.54) is 0 Å². The second kappa shape index (κ2) is 9.18. The molecule has 7 nitrogen and oxygen atoms in total. The summed E-state index contributed by atoms with van der Waals surface area (Å²) in [6.07, 6.45) is 2.11. The van der Waals surface area contributed by atoms with Gasteiger partial charge in [-0.2, -0.15) is 0 Å². The van der Waals surface area contributed by atoms with Gasteiger partial charge >= 0.3 is 6.09 Å². The van der Waals surface area contributed by atoms with Crippen molar-refractivity contribution in [3.8, 4) is 0 Å². The molecule has 2 atom stereocenters. The quantitative estimate of drug-likeness (QED) is 0.737. The molecule has 0 radical (unpaired) electrons. The number of piperazine rings is 1. The van der Waals surface area contributed by atoms with Crippen LogP contribution in [0, 0.1) is 0 Å². The van der Waals surface area contributed by atoms with Gasteiger partial charge in [-0.1, -0.05) is 36.4 Å². The Morgan fingerprint density at radius 1 is 0.938 bits per heavy atom. The third-order valence-electron chi connectivity index (χ3n) is 6.07. The lowest BCUT2D eigenvalue weighted by atomic mass is 9.91. The zero-order valence-corrected chi connectivity index (χ0v) is 19.1. The van der Waals surface area contributed by atoms with Gasteiger partial charge in [0.2, 0.25) is 5.91 Å². The van der Waals surface area contributed by atoms with Crippen molar-refractivity contribution >= 4 is 17.8 Å². The Labute approximate surface area is 190 Å². The van der Waals surface area contributed by atoms with E-state index in [0.717, 1.165) is 30.9 Å². The molecule has 0 saturated carbocycles. The first-order valence-corrected chi connectivity index (χ1v) is 11.3. The van der Waals surface area contributed by atoms with E-state index in [1.54, 1.807) is 11.1 Å². The zero-order chi connectivity index (χ0) is 22.7. The van der Waals surface area contributed by atoms with E-state index in [0.29, 0.717) is 19.6 Å². The Morgan fingerprint density at radius 3 is 2.25 bits per heavy atom. The molecule has 2 aliphatic heterocycles. The Hall–Kier alpha value is -3.09. The molecule has 1 aromatic carbocycles. The molecule has 7 heteroatoms. The summed E-state index contributed by atoms with van der Waals surface area (Å²) in [5.74, 6) is 0.894. The molecule has 2 aromatic rings. The number of anilines is 1. The second-order valence-electron chi connectivity index (χ2n) is 9.42. The summed E-state index contributed by atoms with van der Waals surface area (Å²) in [6, 6.07) is 15.3. The fourth-order valence-corrected chi connectivity index (χ4v) is 4.56. The fraction of sp³-hybridized carbons (Fsp3) is 0.480. The van der Waals surface area contributed by atoms with Crippen molar-refractivity contribution in [2.24, 2.45) is 0 Å². The molecule has 0 spiro atoms. The van der Waals surface area contributed by atoms with Gasteiger partial charge in [-0.25, -0.2) is 9.78 Å². The maximum absolute atomic E-state index is 13.8. The maximum Gasteiger partial charge on any atom is 0.410 e.